The summed E-state index contributed by atoms with van der Waals surface area (Å²) >= 11 is 0. The summed E-state index contributed by atoms with van der Waals surface area (Å²) in [4.78, 5) is 25.6. The number of aromatic carboxylic acids is 1. The van der Waals surface area contributed by atoms with Gasteiger partial charge in [-0.05, 0) is 23.8 Å². The number of H-pyrrole nitrogens is 1. The molecule has 0 unspecified atom stereocenters. The van der Waals surface area contributed by atoms with E-state index in [-0.39, 0.29) is 18.1 Å². The Labute approximate surface area is 131 Å². The van der Waals surface area contributed by atoms with Crippen molar-refractivity contribution in [1.29, 1.82) is 0 Å². The Morgan fingerprint density at radius 3 is 3.00 bits per heavy atom. The maximum Gasteiger partial charge on any atom is 0.356 e. The van der Waals surface area contributed by atoms with Gasteiger partial charge in [0.05, 0.1) is 13.2 Å². The van der Waals surface area contributed by atoms with Crippen LogP contribution in [0.15, 0.2) is 18.2 Å². The third-order valence-corrected chi connectivity index (χ3v) is 4.36. The summed E-state index contributed by atoms with van der Waals surface area (Å²) in [6, 6.07) is 5.45. The van der Waals surface area contributed by atoms with Gasteiger partial charge in [-0.3, -0.25) is 9.89 Å². The highest BCUT2D eigenvalue weighted by Gasteiger charge is 2.28. The first-order valence-corrected chi connectivity index (χ1v) is 7.48. The molecule has 23 heavy (non-hydrogen) atoms. The van der Waals surface area contributed by atoms with Crippen molar-refractivity contribution in [2.45, 2.75) is 19.4 Å². The van der Waals surface area contributed by atoms with Crippen LogP contribution in [0.3, 0.4) is 0 Å². The number of carboxylic acid groups (broad SMARTS) is 1. The fraction of sp³-hybridized carbons (Fsp3) is 0.312. The minimum Gasteiger partial charge on any atom is -0.493 e. The van der Waals surface area contributed by atoms with E-state index in [1.807, 2.05) is 12.1 Å². The Morgan fingerprint density at radius 1 is 1.30 bits per heavy atom. The van der Waals surface area contributed by atoms with Gasteiger partial charge in [0.1, 0.15) is 5.75 Å². The standard InChI is InChI=1S/C16H15N3O4/c20-15(10-1-2-13-9(7-10)4-6-23-13)19-5-3-12-11(8-19)14(16(21)22)18-17-12/h1-2,7H,3-6,8H2,(H,17,18)(H,21,22). The molecule has 1 aromatic heterocycles. The van der Waals surface area contributed by atoms with E-state index in [1.54, 1.807) is 11.0 Å². The van der Waals surface area contributed by atoms with Gasteiger partial charge >= 0.3 is 5.97 Å². The number of hydrogen-bond acceptors (Lipinski definition) is 4. The van der Waals surface area contributed by atoms with Crippen LogP contribution in [0.4, 0.5) is 0 Å². The predicted octanol–water partition coefficient (Wildman–Crippen LogP) is 1.24. The Balaban J connectivity index is 1.60. The third-order valence-electron chi connectivity index (χ3n) is 4.36. The summed E-state index contributed by atoms with van der Waals surface area (Å²) in [5, 5.41) is 15.8. The summed E-state index contributed by atoms with van der Waals surface area (Å²) in [6.45, 7) is 1.46. The van der Waals surface area contributed by atoms with E-state index in [1.165, 1.54) is 0 Å². The maximum absolute atomic E-state index is 12.7. The van der Waals surface area contributed by atoms with Crippen molar-refractivity contribution < 1.29 is 19.4 Å². The second kappa shape index (κ2) is 5.12. The second-order valence-corrected chi connectivity index (χ2v) is 5.73. The van der Waals surface area contributed by atoms with Crippen LogP contribution in [-0.4, -0.2) is 45.2 Å². The van der Waals surface area contributed by atoms with Crippen molar-refractivity contribution in [3.63, 3.8) is 0 Å². The van der Waals surface area contributed by atoms with Crippen molar-refractivity contribution in [1.82, 2.24) is 15.1 Å². The minimum atomic E-state index is -1.08. The number of hydrogen-bond donors (Lipinski definition) is 2. The number of nitrogens with zero attached hydrogens (tertiary/aromatic N) is 2. The number of amides is 1. The summed E-state index contributed by atoms with van der Waals surface area (Å²) in [6.07, 6.45) is 1.39. The van der Waals surface area contributed by atoms with Crippen LogP contribution in [0, 0.1) is 0 Å². The number of aromatic amines is 1. The van der Waals surface area contributed by atoms with Gasteiger partial charge in [-0.25, -0.2) is 4.79 Å². The van der Waals surface area contributed by atoms with Gasteiger partial charge in [0, 0.05) is 36.2 Å². The van der Waals surface area contributed by atoms with E-state index >= 15 is 0 Å². The van der Waals surface area contributed by atoms with Crippen LogP contribution in [0.25, 0.3) is 0 Å². The molecule has 0 spiro atoms. The van der Waals surface area contributed by atoms with Gasteiger partial charge in [0.2, 0.25) is 0 Å². The topological polar surface area (TPSA) is 95.5 Å². The molecule has 0 saturated heterocycles. The van der Waals surface area contributed by atoms with Crippen molar-refractivity contribution in [2.24, 2.45) is 0 Å². The van der Waals surface area contributed by atoms with Gasteiger partial charge in [0.15, 0.2) is 5.69 Å². The van der Waals surface area contributed by atoms with E-state index in [0.717, 1.165) is 23.4 Å². The lowest BCUT2D eigenvalue weighted by molar-refractivity contribution is 0.0674. The Morgan fingerprint density at radius 2 is 2.17 bits per heavy atom. The molecule has 0 bridgehead atoms. The quantitative estimate of drug-likeness (QED) is 0.869. The molecule has 0 aliphatic carbocycles. The Kier molecular flexibility index (Phi) is 3.07. The van der Waals surface area contributed by atoms with Gasteiger partial charge in [0.25, 0.3) is 5.91 Å². The van der Waals surface area contributed by atoms with Crippen LogP contribution in [0.1, 0.15) is 37.7 Å². The van der Waals surface area contributed by atoms with Gasteiger partial charge < -0.3 is 14.7 Å². The molecule has 0 saturated carbocycles. The van der Waals surface area contributed by atoms with E-state index in [2.05, 4.69) is 10.2 Å². The molecule has 7 heteroatoms. The Hall–Kier alpha value is -2.83. The first-order chi connectivity index (χ1) is 11.1. The number of carboxylic acids is 1. The number of ether oxygens (including phenoxy) is 1. The monoisotopic (exact) mass is 313 g/mol. The van der Waals surface area contributed by atoms with Crippen LogP contribution < -0.4 is 4.74 Å². The SMILES string of the molecule is O=C(O)c1n[nH]c2c1CN(C(=O)c1ccc3c(c1)CCO3)CC2. The van der Waals surface area contributed by atoms with Crippen LogP contribution in [0.5, 0.6) is 5.75 Å². The average Bonchev–Trinajstić information content (AvgIpc) is 3.19. The molecule has 2 aliphatic rings. The molecular formula is C16H15N3O4. The molecule has 0 atom stereocenters. The lowest BCUT2D eigenvalue weighted by atomic mass is 10.0. The van der Waals surface area contributed by atoms with Crippen molar-refractivity contribution in [3.05, 3.63) is 46.3 Å². The van der Waals surface area contributed by atoms with Gasteiger partial charge in [-0.1, -0.05) is 0 Å². The van der Waals surface area contributed by atoms with Crippen LogP contribution in [0.2, 0.25) is 0 Å². The first kappa shape index (κ1) is 13.8. The molecule has 2 aromatic rings. The molecule has 4 rings (SSSR count). The highest BCUT2D eigenvalue weighted by molar-refractivity contribution is 5.95. The fourth-order valence-corrected chi connectivity index (χ4v) is 3.15. The minimum absolute atomic E-state index is 0.000136. The summed E-state index contributed by atoms with van der Waals surface area (Å²) < 4.78 is 5.45. The lowest BCUT2D eigenvalue weighted by Crippen LogP contribution is -2.36. The zero-order valence-corrected chi connectivity index (χ0v) is 12.3. The van der Waals surface area contributed by atoms with Crippen molar-refractivity contribution >= 4 is 11.9 Å². The summed E-state index contributed by atoms with van der Waals surface area (Å²) in [5.41, 5.74) is 3.05. The largest absolute Gasteiger partial charge is 0.493 e. The number of carbonyl (C=O) groups is 2. The normalized spacial score (nSPS) is 15.7. The molecule has 1 amide bonds. The number of nitrogens with one attached hydrogen (secondary N) is 1. The second-order valence-electron chi connectivity index (χ2n) is 5.73. The number of fused-ring (bicyclic) bond motifs is 2. The number of carbonyl (C=O) groups excluding carboxylic acids is 1. The number of aromatic nitrogens is 2. The zero-order valence-electron chi connectivity index (χ0n) is 12.3. The van der Waals surface area contributed by atoms with Crippen molar-refractivity contribution in [2.75, 3.05) is 13.2 Å². The predicted molar refractivity (Wildman–Crippen MR) is 79.6 cm³/mol. The molecule has 2 aliphatic heterocycles. The number of rotatable bonds is 2. The highest BCUT2D eigenvalue weighted by Crippen LogP contribution is 2.27. The summed E-state index contributed by atoms with van der Waals surface area (Å²) in [5.74, 6) is -0.333. The molecule has 3 heterocycles. The van der Waals surface area contributed by atoms with Crippen LogP contribution in [-0.2, 0) is 19.4 Å². The lowest BCUT2D eigenvalue weighted by Gasteiger charge is -2.27. The van der Waals surface area contributed by atoms with E-state index < -0.39 is 5.97 Å². The zero-order chi connectivity index (χ0) is 16.0. The molecule has 7 nitrogen and oxygen atoms in total. The number of benzene rings is 1. The molecule has 1 aromatic carbocycles. The van der Waals surface area contributed by atoms with E-state index in [9.17, 15) is 14.7 Å². The molecule has 0 fully saturated rings. The molecule has 2 N–H and O–H groups in total. The average molecular weight is 313 g/mol. The van der Waals surface area contributed by atoms with Gasteiger partial charge in [-0.15, -0.1) is 0 Å². The first-order valence-electron chi connectivity index (χ1n) is 7.48. The highest BCUT2D eigenvalue weighted by atomic mass is 16.5. The smallest absolute Gasteiger partial charge is 0.356 e. The maximum atomic E-state index is 12.7. The van der Waals surface area contributed by atoms with Gasteiger partial charge in [-0.2, -0.15) is 5.10 Å². The van der Waals surface area contributed by atoms with Crippen LogP contribution >= 0.6 is 0 Å². The van der Waals surface area contributed by atoms with E-state index in [4.69, 9.17) is 4.74 Å². The molecular weight excluding hydrogens is 298 g/mol. The third kappa shape index (κ3) is 2.25. The van der Waals surface area contributed by atoms with E-state index in [0.29, 0.717) is 30.7 Å². The summed E-state index contributed by atoms with van der Waals surface area (Å²) in [7, 11) is 0. The van der Waals surface area contributed by atoms with Crippen molar-refractivity contribution in [3.8, 4) is 5.75 Å². The fourth-order valence-electron chi connectivity index (χ4n) is 3.15. The molecule has 0 radical (unpaired) electrons. The molecule has 118 valence electrons. The Bertz CT molecular complexity index is 812.